The third-order valence-electron chi connectivity index (χ3n) is 7.82. The lowest BCUT2D eigenvalue weighted by Crippen LogP contribution is -2.31. The van der Waals surface area contributed by atoms with Gasteiger partial charge in [-0.15, -0.1) is 0 Å². The fourth-order valence-corrected chi connectivity index (χ4v) is 6.93. The lowest BCUT2D eigenvalue weighted by atomic mass is 9.98. The van der Waals surface area contributed by atoms with Crippen molar-refractivity contribution in [2.75, 3.05) is 11.5 Å². The average molecular weight is 707 g/mol. The number of aryl methyl sites for hydroxylation is 1. The van der Waals surface area contributed by atoms with E-state index in [1.165, 1.54) is 42.5 Å². The van der Waals surface area contributed by atoms with Gasteiger partial charge in [-0.1, -0.05) is 95.1 Å². The van der Waals surface area contributed by atoms with Gasteiger partial charge in [0.2, 0.25) is 17.6 Å². The van der Waals surface area contributed by atoms with Crippen LogP contribution in [0.3, 0.4) is 0 Å². The molecule has 4 aromatic carbocycles. The van der Waals surface area contributed by atoms with E-state index in [1.807, 2.05) is 67.6 Å². The summed E-state index contributed by atoms with van der Waals surface area (Å²) in [5.41, 5.74) is 4.92. The van der Waals surface area contributed by atoms with Gasteiger partial charge in [0.05, 0.1) is 32.8 Å². The van der Waals surface area contributed by atoms with Crippen molar-refractivity contribution in [1.82, 2.24) is 4.98 Å². The zero-order valence-electron chi connectivity index (χ0n) is 25.9. The molecule has 0 saturated carbocycles. The van der Waals surface area contributed by atoms with Crippen LogP contribution in [0.1, 0.15) is 38.3 Å². The van der Waals surface area contributed by atoms with E-state index >= 15 is 0 Å². The van der Waals surface area contributed by atoms with Crippen molar-refractivity contribution in [3.05, 3.63) is 135 Å². The maximum absolute atomic E-state index is 13.7. The molecule has 5 aromatic rings. The number of pyridine rings is 1. The number of benzene rings is 4. The Hall–Kier alpha value is -5.27. The molecule has 1 saturated heterocycles. The van der Waals surface area contributed by atoms with Crippen LogP contribution in [0.15, 0.2) is 108 Å². The van der Waals surface area contributed by atoms with Gasteiger partial charge in [0.15, 0.2) is 6.61 Å². The first-order valence-corrected chi connectivity index (χ1v) is 16.6. The molecule has 2 amide bonds. The van der Waals surface area contributed by atoms with Gasteiger partial charge in [-0.2, -0.15) is 5.26 Å². The van der Waals surface area contributed by atoms with E-state index in [1.54, 1.807) is 0 Å². The standard InChI is InChI=1S/C38H25Cl2N3O5S/c1-22-7-9-23(10-8-22)29-18-32(24-5-3-2-4-6-24)42-36(30(29)20-41)49-34-19-35(45)43(37(34)46)27-14-11-25(12-15-27)38(47)48-21-33(44)28-16-13-26(39)17-31(28)40/h2-18,34H,19,21H2,1H3. The molecule has 8 nitrogen and oxygen atoms in total. The Morgan fingerprint density at radius 1 is 0.939 bits per heavy atom. The van der Waals surface area contributed by atoms with Crippen LogP contribution in [-0.2, 0) is 14.3 Å². The number of imide groups is 1. The van der Waals surface area contributed by atoms with E-state index in [0.29, 0.717) is 26.9 Å². The number of carbonyl (C=O) groups excluding carboxylic acids is 4. The quantitative estimate of drug-likeness (QED) is 0.0853. The summed E-state index contributed by atoms with van der Waals surface area (Å²) < 4.78 is 5.17. The molecule has 2 heterocycles. The maximum Gasteiger partial charge on any atom is 0.338 e. The second-order valence-electron chi connectivity index (χ2n) is 11.1. The number of ketones is 1. The summed E-state index contributed by atoms with van der Waals surface area (Å²) in [6, 6.07) is 31.6. The Bertz CT molecular complexity index is 2150. The van der Waals surface area contributed by atoms with Gasteiger partial charge in [0.25, 0.3) is 0 Å². The number of rotatable bonds is 9. The van der Waals surface area contributed by atoms with E-state index in [2.05, 4.69) is 6.07 Å². The molecule has 0 aliphatic carbocycles. The highest BCUT2D eigenvalue weighted by molar-refractivity contribution is 8.00. The molecule has 0 N–H and O–H groups in total. The van der Waals surface area contributed by atoms with Crippen molar-refractivity contribution in [2.24, 2.45) is 0 Å². The molecule has 1 atom stereocenters. The number of nitrogens with zero attached hydrogens (tertiary/aromatic N) is 3. The van der Waals surface area contributed by atoms with Gasteiger partial charge in [-0.25, -0.2) is 14.7 Å². The summed E-state index contributed by atoms with van der Waals surface area (Å²) in [5, 5.41) is 10.3. The smallest absolute Gasteiger partial charge is 0.338 e. The van der Waals surface area contributed by atoms with E-state index in [9.17, 15) is 24.4 Å². The number of aromatic nitrogens is 1. The molecule has 1 fully saturated rings. The van der Waals surface area contributed by atoms with Crippen LogP contribution in [0.25, 0.3) is 22.4 Å². The molecular formula is C38H25Cl2N3O5S. The summed E-state index contributed by atoms with van der Waals surface area (Å²) in [4.78, 5) is 57.9. The number of esters is 1. The van der Waals surface area contributed by atoms with Crippen molar-refractivity contribution in [3.8, 4) is 28.5 Å². The highest BCUT2D eigenvalue weighted by atomic mass is 35.5. The summed E-state index contributed by atoms with van der Waals surface area (Å²) in [6.45, 7) is 1.44. The number of carbonyl (C=O) groups is 4. The molecule has 1 aromatic heterocycles. The first-order valence-electron chi connectivity index (χ1n) is 15.0. The Morgan fingerprint density at radius 2 is 1.65 bits per heavy atom. The number of ether oxygens (including phenoxy) is 1. The van der Waals surface area contributed by atoms with Crippen molar-refractivity contribution >= 4 is 64.2 Å². The van der Waals surface area contributed by atoms with Crippen LogP contribution in [0.4, 0.5) is 5.69 Å². The molecule has 1 aliphatic heterocycles. The van der Waals surface area contributed by atoms with Crippen LogP contribution in [0, 0.1) is 18.3 Å². The molecule has 11 heteroatoms. The minimum Gasteiger partial charge on any atom is -0.454 e. The Kier molecular flexibility index (Phi) is 9.92. The molecule has 1 unspecified atom stereocenters. The van der Waals surface area contributed by atoms with Gasteiger partial charge in [-0.05, 0) is 61.0 Å². The fraction of sp³-hybridized carbons (Fsp3) is 0.105. The number of Topliss-reactive ketones (excluding diaryl/α,β-unsaturated/α-hetero) is 1. The largest absolute Gasteiger partial charge is 0.454 e. The number of hydrogen-bond donors (Lipinski definition) is 0. The number of amides is 2. The van der Waals surface area contributed by atoms with Crippen LogP contribution >= 0.6 is 35.0 Å². The molecule has 242 valence electrons. The van der Waals surface area contributed by atoms with Gasteiger partial charge >= 0.3 is 5.97 Å². The molecule has 1 aliphatic rings. The number of halogens is 2. The van der Waals surface area contributed by atoms with E-state index < -0.39 is 35.4 Å². The normalized spacial score (nSPS) is 14.1. The zero-order valence-corrected chi connectivity index (χ0v) is 28.2. The third-order valence-corrected chi connectivity index (χ3v) is 9.54. The average Bonchev–Trinajstić information content (AvgIpc) is 3.38. The minimum absolute atomic E-state index is 0.107. The highest BCUT2D eigenvalue weighted by Crippen LogP contribution is 2.39. The molecule has 0 spiro atoms. The third kappa shape index (κ3) is 7.27. The second kappa shape index (κ2) is 14.5. The molecular weight excluding hydrogens is 681 g/mol. The topological polar surface area (TPSA) is 117 Å². The van der Waals surface area contributed by atoms with Crippen molar-refractivity contribution < 1.29 is 23.9 Å². The first-order chi connectivity index (χ1) is 23.6. The Morgan fingerprint density at radius 3 is 2.33 bits per heavy atom. The predicted molar refractivity (Wildman–Crippen MR) is 189 cm³/mol. The second-order valence-corrected chi connectivity index (χ2v) is 13.2. The molecule has 0 bridgehead atoms. The number of thioether (sulfide) groups is 1. The lowest BCUT2D eigenvalue weighted by molar-refractivity contribution is -0.121. The molecule has 6 rings (SSSR count). The van der Waals surface area contributed by atoms with Crippen LogP contribution in [-0.4, -0.2) is 40.4 Å². The monoisotopic (exact) mass is 705 g/mol. The first kappa shape index (κ1) is 33.6. The Balaban J connectivity index is 1.20. The van der Waals surface area contributed by atoms with E-state index in [4.69, 9.17) is 32.9 Å². The molecule has 49 heavy (non-hydrogen) atoms. The summed E-state index contributed by atoms with van der Waals surface area (Å²) in [5.74, 6) is -2.17. The molecule has 0 radical (unpaired) electrons. The number of nitriles is 1. The lowest BCUT2D eigenvalue weighted by Gasteiger charge is -2.16. The summed E-state index contributed by atoms with van der Waals surface area (Å²) in [7, 11) is 0. The predicted octanol–water partition coefficient (Wildman–Crippen LogP) is 8.37. The van der Waals surface area contributed by atoms with Gasteiger partial charge in [-0.3, -0.25) is 14.4 Å². The maximum atomic E-state index is 13.7. The van der Waals surface area contributed by atoms with Crippen molar-refractivity contribution in [3.63, 3.8) is 0 Å². The summed E-state index contributed by atoms with van der Waals surface area (Å²) in [6.07, 6.45) is -0.107. The zero-order chi connectivity index (χ0) is 34.7. The van der Waals surface area contributed by atoms with Crippen LogP contribution in [0.2, 0.25) is 10.0 Å². The highest BCUT2D eigenvalue weighted by Gasteiger charge is 2.41. The summed E-state index contributed by atoms with van der Waals surface area (Å²) >= 11 is 13.0. The fourth-order valence-electron chi connectivity index (χ4n) is 5.29. The van der Waals surface area contributed by atoms with Crippen LogP contribution in [0.5, 0.6) is 0 Å². The van der Waals surface area contributed by atoms with Crippen molar-refractivity contribution in [2.45, 2.75) is 23.6 Å². The van der Waals surface area contributed by atoms with Crippen LogP contribution < -0.4 is 4.90 Å². The van der Waals surface area contributed by atoms with E-state index in [0.717, 1.165) is 33.4 Å². The SMILES string of the molecule is Cc1ccc(-c2cc(-c3ccccc3)nc(SC3CC(=O)N(c4ccc(C(=O)OCC(=O)c5ccc(Cl)cc5Cl)cc4)C3=O)c2C#N)cc1. The van der Waals surface area contributed by atoms with Gasteiger partial charge < -0.3 is 4.74 Å². The van der Waals surface area contributed by atoms with Gasteiger partial charge in [0.1, 0.15) is 11.1 Å². The number of hydrogen-bond acceptors (Lipinski definition) is 8. The number of anilines is 1. The van der Waals surface area contributed by atoms with Crippen molar-refractivity contribution in [1.29, 1.82) is 5.26 Å². The minimum atomic E-state index is -0.834. The Labute approximate surface area is 296 Å². The van der Waals surface area contributed by atoms with Gasteiger partial charge in [0, 0.05) is 28.1 Å². The van der Waals surface area contributed by atoms with E-state index in [-0.39, 0.29) is 28.3 Å².